The van der Waals surface area contributed by atoms with E-state index in [-0.39, 0.29) is 0 Å². The molecule has 0 bridgehead atoms. The zero-order chi connectivity index (χ0) is 17.1. The van der Waals surface area contributed by atoms with Crippen molar-refractivity contribution in [3.63, 3.8) is 0 Å². The lowest BCUT2D eigenvalue weighted by atomic mass is 10.0. The molecular weight excluding hydrogens is 302 g/mol. The van der Waals surface area contributed by atoms with Crippen LogP contribution < -0.4 is 9.47 Å². The van der Waals surface area contributed by atoms with E-state index in [0.717, 1.165) is 44.0 Å². The van der Waals surface area contributed by atoms with Crippen LogP contribution in [-0.4, -0.2) is 42.0 Å². The maximum Gasteiger partial charge on any atom is 0.161 e. The molecule has 1 aromatic carbocycles. The van der Waals surface area contributed by atoms with Crippen LogP contribution in [0.4, 0.5) is 0 Å². The average molecular weight is 329 g/mol. The molecule has 1 aliphatic heterocycles. The molecular formula is C19H27N3O2. The van der Waals surface area contributed by atoms with Gasteiger partial charge in [-0.2, -0.15) is 5.10 Å². The van der Waals surface area contributed by atoms with Crippen molar-refractivity contribution in [1.82, 2.24) is 14.7 Å². The standard InChI is InChI=1S/C19H27N3O2/c1-14(2)22-13-15(11-20-22)12-21-7-5-16-9-18(23-3)19(24-4)10-17(16)6-8-21/h9-11,13-14H,5-8,12H2,1-4H3. The van der Waals surface area contributed by atoms with E-state index in [0.29, 0.717) is 6.04 Å². The Balaban J connectivity index is 1.70. The van der Waals surface area contributed by atoms with E-state index in [9.17, 15) is 0 Å². The second-order valence-corrected chi connectivity index (χ2v) is 6.67. The summed E-state index contributed by atoms with van der Waals surface area (Å²) in [4.78, 5) is 2.50. The maximum absolute atomic E-state index is 5.44. The predicted octanol–water partition coefficient (Wildman–Crippen LogP) is 3.08. The average Bonchev–Trinajstić information content (AvgIpc) is 2.97. The van der Waals surface area contributed by atoms with Crippen molar-refractivity contribution in [3.05, 3.63) is 41.2 Å². The van der Waals surface area contributed by atoms with Crippen LogP contribution in [0.15, 0.2) is 24.5 Å². The molecule has 2 heterocycles. The molecule has 5 heteroatoms. The number of hydrogen-bond acceptors (Lipinski definition) is 4. The van der Waals surface area contributed by atoms with Crippen molar-refractivity contribution < 1.29 is 9.47 Å². The number of nitrogens with zero attached hydrogens (tertiary/aromatic N) is 3. The largest absolute Gasteiger partial charge is 0.493 e. The third-order valence-corrected chi connectivity index (χ3v) is 4.69. The first kappa shape index (κ1) is 16.8. The highest BCUT2D eigenvalue weighted by Gasteiger charge is 2.18. The van der Waals surface area contributed by atoms with Crippen LogP contribution in [-0.2, 0) is 19.4 Å². The lowest BCUT2D eigenvalue weighted by Gasteiger charge is -2.18. The monoisotopic (exact) mass is 329 g/mol. The number of rotatable bonds is 5. The molecule has 24 heavy (non-hydrogen) atoms. The molecule has 0 fully saturated rings. The Morgan fingerprint density at radius 1 is 1.04 bits per heavy atom. The third kappa shape index (κ3) is 3.56. The van der Waals surface area contributed by atoms with Crippen molar-refractivity contribution in [3.8, 4) is 11.5 Å². The van der Waals surface area contributed by atoms with E-state index in [1.807, 2.05) is 10.9 Å². The van der Waals surface area contributed by atoms with Crippen LogP contribution in [0.5, 0.6) is 11.5 Å². The van der Waals surface area contributed by atoms with Crippen LogP contribution in [0.25, 0.3) is 0 Å². The van der Waals surface area contributed by atoms with Crippen molar-refractivity contribution in [2.45, 2.75) is 39.3 Å². The summed E-state index contributed by atoms with van der Waals surface area (Å²) in [6, 6.07) is 4.68. The first-order chi connectivity index (χ1) is 11.6. The minimum Gasteiger partial charge on any atom is -0.493 e. The fourth-order valence-electron chi connectivity index (χ4n) is 3.26. The van der Waals surface area contributed by atoms with Crippen LogP contribution in [0.1, 0.15) is 36.6 Å². The summed E-state index contributed by atoms with van der Waals surface area (Å²) in [6.07, 6.45) is 6.22. The van der Waals surface area contributed by atoms with E-state index in [1.54, 1.807) is 14.2 Å². The maximum atomic E-state index is 5.44. The van der Waals surface area contributed by atoms with Gasteiger partial charge in [0.25, 0.3) is 0 Å². The Bertz CT molecular complexity index is 659. The molecule has 0 radical (unpaired) electrons. The quantitative estimate of drug-likeness (QED) is 0.845. The molecule has 0 saturated heterocycles. The third-order valence-electron chi connectivity index (χ3n) is 4.69. The Morgan fingerprint density at radius 2 is 1.62 bits per heavy atom. The lowest BCUT2D eigenvalue weighted by Crippen LogP contribution is -2.25. The molecule has 2 aromatic rings. The number of hydrogen-bond donors (Lipinski definition) is 0. The van der Waals surface area contributed by atoms with Crippen LogP contribution in [0.2, 0.25) is 0 Å². The number of ether oxygens (including phenoxy) is 2. The summed E-state index contributed by atoms with van der Waals surface area (Å²) in [7, 11) is 3.39. The normalized spacial score (nSPS) is 15.2. The fourth-order valence-corrected chi connectivity index (χ4v) is 3.26. The van der Waals surface area contributed by atoms with Gasteiger partial charge < -0.3 is 9.47 Å². The molecule has 0 amide bonds. The van der Waals surface area contributed by atoms with Gasteiger partial charge in [-0.05, 0) is 49.9 Å². The molecule has 1 aliphatic rings. The molecule has 3 rings (SSSR count). The van der Waals surface area contributed by atoms with Gasteiger partial charge in [-0.1, -0.05) is 0 Å². The summed E-state index contributed by atoms with van der Waals surface area (Å²) < 4.78 is 12.9. The molecule has 0 saturated carbocycles. The Hall–Kier alpha value is -2.01. The van der Waals surface area contributed by atoms with Gasteiger partial charge in [-0.3, -0.25) is 9.58 Å². The van der Waals surface area contributed by atoms with E-state index in [1.165, 1.54) is 16.7 Å². The van der Waals surface area contributed by atoms with Crippen molar-refractivity contribution in [1.29, 1.82) is 0 Å². The summed E-state index contributed by atoms with van der Waals surface area (Å²) in [6.45, 7) is 7.36. The first-order valence-electron chi connectivity index (χ1n) is 8.60. The zero-order valence-electron chi connectivity index (χ0n) is 15.1. The molecule has 5 nitrogen and oxygen atoms in total. The minimum absolute atomic E-state index is 0.409. The smallest absolute Gasteiger partial charge is 0.161 e. The Kier molecular flexibility index (Phi) is 5.09. The van der Waals surface area contributed by atoms with Gasteiger partial charge in [-0.25, -0.2) is 0 Å². The molecule has 0 N–H and O–H groups in total. The molecule has 130 valence electrons. The van der Waals surface area contributed by atoms with E-state index in [2.05, 4.69) is 42.2 Å². The van der Waals surface area contributed by atoms with Crippen molar-refractivity contribution in [2.24, 2.45) is 0 Å². The molecule has 0 unspecified atom stereocenters. The molecule has 1 aromatic heterocycles. The van der Waals surface area contributed by atoms with Gasteiger partial charge in [-0.15, -0.1) is 0 Å². The fraction of sp³-hybridized carbons (Fsp3) is 0.526. The van der Waals surface area contributed by atoms with Crippen molar-refractivity contribution >= 4 is 0 Å². The van der Waals surface area contributed by atoms with E-state index < -0.39 is 0 Å². The summed E-state index contributed by atoms with van der Waals surface area (Å²) in [5.74, 6) is 1.64. The number of benzene rings is 1. The summed E-state index contributed by atoms with van der Waals surface area (Å²) in [5.41, 5.74) is 4.02. The van der Waals surface area contributed by atoms with Crippen LogP contribution >= 0.6 is 0 Å². The van der Waals surface area contributed by atoms with Gasteiger partial charge in [0.2, 0.25) is 0 Å². The highest BCUT2D eigenvalue weighted by atomic mass is 16.5. The van der Waals surface area contributed by atoms with Gasteiger partial charge in [0.15, 0.2) is 11.5 Å². The second-order valence-electron chi connectivity index (χ2n) is 6.67. The molecule has 0 spiro atoms. The number of fused-ring (bicyclic) bond motifs is 1. The zero-order valence-corrected chi connectivity index (χ0v) is 15.1. The Morgan fingerprint density at radius 3 is 2.08 bits per heavy atom. The van der Waals surface area contributed by atoms with Crippen LogP contribution in [0.3, 0.4) is 0 Å². The lowest BCUT2D eigenvalue weighted by molar-refractivity contribution is 0.279. The first-order valence-corrected chi connectivity index (χ1v) is 8.60. The SMILES string of the molecule is COc1cc2c(cc1OC)CCN(Cc1cnn(C(C)C)c1)CC2. The topological polar surface area (TPSA) is 39.5 Å². The molecule has 0 aliphatic carbocycles. The Labute approximate surface area is 144 Å². The predicted molar refractivity (Wildman–Crippen MR) is 94.8 cm³/mol. The summed E-state index contributed by atoms with van der Waals surface area (Å²) in [5, 5.41) is 4.45. The minimum atomic E-state index is 0.409. The van der Waals surface area contributed by atoms with Crippen molar-refractivity contribution in [2.75, 3.05) is 27.3 Å². The van der Waals surface area contributed by atoms with Gasteiger partial charge in [0.1, 0.15) is 0 Å². The van der Waals surface area contributed by atoms with Gasteiger partial charge in [0.05, 0.1) is 20.4 Å². The van der Waals surface area contributed by atoms with Gasteiger partial charge >= 0.3 is 0 Å². The van der Waals surface area contributed by atoms with E-state index in [4.69, 9.17) is 9.47 Å². The summed E-state index contributed by atoms with van der Waals surface area (Å²) >= 11 is 0. The highest BCUT2D eigenvalue weighted by molar-refractivity contribution is 5.48. The highest BCUT2D eigenvalue weighted by Crippen LogP contribution is 2.32. The van der Waals surface area contributed by atoms with Gasteiger partial charge in [0, 0.05) is 37.4 Å². The second kappa shape index (κ2) is 7.26. The molecule has 0 atom stereocenters. The van der Waals surface area contributed by atoms with E-state index >= 15 is 0 Å². The van der Waals surface area contributed by atoms with Crippen LogP contribution in [0, 0.1) is 0 Å². The number of aromatic nitrogens is 2. The number of methoxy groups -OCH3 is 2.